The van der Waals surface area contributed by atoms with Gasteiger partial charge in [0.15, 0.2) is 0 Å². The first-order valence-electron chi connectivity index (χ1n) is 6.95. The van der Waals surface area contributed by atoms with Gasteiger partial charge in [0.1, 0.15) is 5.60 Å². The van der Waals surface area contributed by atoms with Crippen LogP contribution in [0.4, 0.5) is 4.79 Å². The first-order chi connectivity index (χ1) is 7.96. The summed E-state index contributed by atoms with van der Waals surface area (Å²) in [7, 11) is 0. The van der Waals surface area contributed by atoms with Crippen LogP contribution in [0.5, 0.6) is 0 Å². The number of carbonyl (C=O) groups excluding carboxylic acids is 1. The molecule has 1 aliphatic carbocycles. The summed E-state index contributed by atoms with van der Waals surface area (Å²) in [5.74, 6) is 0.725. The molecule has 0 spiro atoms. The van der Waals surface area contributed by atoms with Crippen LogP contribution < -0.4 is 0 Å². The molecular formula is C14H27NO2. The van der Waals surface area contributed by atoms with Crippen LogP contribution in [0.2, 0.25) is 0 Å². The van der Waals surface area contributed by atoms with Gasteiger partial charge >= 0.3 is 6.09 Å². The molecule has 3 nitrogen and oxygen atoms in total. The fraction of sp³-hybridized carbons (Fsp3) is 0.929. The van der Waals surface area contributed by atoms with E-state index in [0.717, 1.165) is 12.5 Å². The Morgan fingerprint density at radius 1 is 1.12 bits per heavy atom. The van der Waals surface area contributed by atoms with E-state index in [1.807, 2.05) is 39.5 Å². The molecular weight excluding hydrogens is 214 g/mol. The summed E-state index contributed by atoms with van der Waals surface area (Å²) in [6.07, 6.45) is 4.82. The highest BCUT2D eigenvalue weighted by Gasteiger charge is 2.38. The SMILES string of the molecule is CC.CC(C)(C)OC(=O)N1CC2CCC1CC2. The molecule has 17 heavy (non-hydrogen) atoms. The molecule has 0 unspecified atom stereocenters. The third kappa shape index (κ3) is 3.90. The van der Waals surface area contributed by atoms with Crippen LogP contribution in [0.1, 0.15) is 60.3 Å². The summed E-state index contributed by atoms with van der Waals surface area (Å²) in [5, 5.41) is 0. The average Bonchev–Trinajstić information content (AvgIpc) is 2.31. The number of hydrogen-bond acceptors (Lipinski definition) is 2. The highest BCUT2D eigenvalue weighted by molar-refractivity contribution is 5.68. The standard InChI is InChI=1S/C12H21NO2.C2H6/c1-12(2,3)15-11(14)13-8-9-4-6-10(13)7-5-9;1-2/h9-10H,4-8H2,1-3H3;1-2H3. The number of carbonyl (C=O) groups is 1. The summed E-state index contributed by atoms with van der Waals surface area (Å²) >= 11 is 0. The lowest BCUT2D eigenvalue weighted by Crippen LogP contribution is -2.52. The average molecular weight is 241 g/mol. The molecule has 1 saturated carbocycles. The van der Waals surface area contributed by atoms with E-state index in [9.17, 15) is 4.79 Å². The van der Waals surface area contributed by atoms with Gasteiger partial charge in [0.05, 0.1) is 0 Å². The van der Waals surface area contributed by atoms with Gasteiger partial charge in [-0.15, -0.1) is 0 Å². The van der Waals surface area contributed by atoms with Gasteiger partial charge in [-0.1, -0.05) is 13.8 Å². The highest BCUT2D eigenvalue weighted by atomic mass is 16.6. The Morgan fingerprint density at radius 2 is 1.65 bits per heavy atom. The molecule has 3 heteroatoms. The number of rotatable bonds is 0. The number of ether oxygens (including phenoxy) is 1. The van der Waals surface area contributed by atoms with E-state index in [2.05, 4.69) is 0 Å². The molecule has 0 N–H and O–H groups in total. The van der Waals surface area contributed by atoms with Crippen molar-refractivity contribution in [2.75, 3.05) is 6.54 Å². The summed E-state index contributed by atoms with van der Waals surface area (Å²) in [5.41, 5.74) is -0.367. The summed E-state index contributed by atoms with van der Waals surface area (Å²) in [6.45, 7) is 10.7. The van der Waals surface area contributed by atoms with Crippen molar-refractivity contribution in [3.8, 4) is 0 Å². The molecule has 3 rings (SSSR count). The maximum Gasteiger partial charge on any atom is 0.410 e. The lowest BCUT2D eigenvalue weighted by Gasteiger charge is -2.45. The summed E-state index contributed by atoms with van der Waals surface area (Å²) in [6, 6.07) is 0.449. The van der Waals surface area contributed by atoms with Crippen molar-refractivity contribution < 1.29 is 9.53 Å². The predicted molar refractivity (Wildman–Crippen MR) is 70.0 cm³/mol. The van der Waals surface area contributed by atoms with Crippen molar-refractivity contribution in [3.63, 3.8) is 0 Å². The number of amides is 1. The Morgan fingerprint density at radius 3 is 2.00 bits per heavy atom. The van der Waals surface area contributed by atoms with E-state index >= 15 is 0 Å². The smallest absolute Gasteiger partial charge is 0.410 e. The van der Waals surface area contributed by atoms with Crippen LogP contribution >= 0.6 is 0 Å². The third-order valence-electron chi connectivity index (χ3n) is 3.34. The lowest BCUT2D eigenvalue weighted by molar-refractivity contribution is -0.0123. The number of hydrogen-bond donors (Lipinski definition) is 0. The maximum absolute atomic E-state index is 11.9. The first-order valence-corrected chi connectivity index (χ1v) is 6.95. The molecule has 0 atom stereocenters. The fourth-order valence-corrected chi connectivity index (χ4v) is 2.61. The Labute approximate surface area is 106 Å². The molecule has 0 radical (unpaired) electrons. The van der Waals surface area contributed by atoms with Crippen LogP contribution in [-0.2, 0) is 4.74 Å². The van der Waals surface area contributed by atoms with Crippen molar-refractivity contribution in [2.24, 2.45) is 5.92 Å². The Balaban J connectivity index is 0.000000686. The van der Waals surface area contributed by atoms with Crippen molar-refractivity contribution in [1.29, 1.82) is 0 Å². The molecule has 2 bridgehead atoms. The summed E-state index contributed by atoms with van der Waals surface area (Å²) in [4.78, 5) is 13.9. The molecule has 1 amide bonds. The molecule has 0 aromatic heterocycles. The molecule has 3 aliphatic rings. The monoisotopic (exact) mass is 241 g/mol. The number of piperidine rings is 2. The van der Waals surface area contributed by atoms with Crippen LogP contribution in [0, 0.1) is 5.92 Å². The summed E-state index contributed by atoms with van der Waals surface area (Å²) < 4.78 is 5.42. The zero-order valence-electron chi connectivity index (χ0n) is 12.0. The molecule has 2 saturated heterocycles. The maximum atomic E-state index is 11.9. The van der Waals surface area contributed by atoms with Crippen molar-refractivity contribution in [1.82, 2.24) is 4.90 Å². The van der Waals surface area contributed by atoms with Gasteiger partial charge < -0.3 is 9.64 Å². The van der Waals surface area contributed by atoms with Gasteiger partial charge in [0.2, 0.25) is 0 Å². The lowest BCUT2D eigenvalue weighted by atomic mass is 9.80. The Bertz CT molecular complexity index is 249. The minimum Gasteiger partial charge on any atom is -0.444 e. The first kappa shape index (κ1) is 14.3. The van der Waals surface area contributed by atoms with Crippen LogP contribution in [-0.4, -0.2) is 29.2 Å². The second-order valence-corrected chi connectivity index (χ2v) is 5.81. The Kier molecular flexibility index (Phi) is 4.84. The van der Waals surface area contributed by atoms with E-state index < -0.39 is 0 Å². The minimum atomic E-state index is -0.367. The van der Waals surface area contributed by atoms with Gasteiger partial charge in [0.25, 0.3) is 0 Å². The normalized spacial score (nSPS) is 27.2. The third-order valence-corrected chi connectivity index (χ3v) is 3.34. The minimum absolute atomic E-state index is 0.114. The molecule has 0 aromatic rings. The van der Waals surface area contributed by atoms with Crippen LogP contribution in [0.25, 0.3) is 0 Å². The molecule has 2 heterocycles. The Hall–Kier alpha value is -0.730. The molecule has 0 aromatic carbocycles. The van der Waals surface area contributed by atoms with E-state index in [-0.39, 0.29) is 11.7 Å². The van der Waals surface area contributed by atoms with Crippen molar-refractivity contribution in [3.05, 3.63) is 0 Å². The zero-order valence-corrected chi connectivity index (χ0v) is 12.0. The largest absolute Gasteiger partial charge is 0.444 e. The molecule has 3 fully saturated rings. The van der Waals surface area contributed by atoms with Crippen LogP contribution in [0.3, 0.4) is 0 Å². The predicted octanol–water partition coefficient (Wildman–Crippen LogP) is 3.82. The van der Waals surface area contributed by atoms with E-state index in [0.29, 0.717) is 6.04 Å². The quantitative estimate of drug-likeness (QED) is 0.645. The van der Waals surface area contributed by atoms with Gasteiger partial charge in [-0.05, 0) is 52.4 Å². The van der Waals surface area contributed by atoms with Crippen LogP contribution in [0.15, 0.2) is 0 Å². The second-order valence-electron chi connectivity index (χ2n) is 5.81. The van der Waals surface area contributed by atoms with E-state index in [4.69, 9.17) is 4.74 Å². The second kappa shape index (κ2) is 5.74. The highest BCUT2D eigenvalue weighted by Crippen LogP contribution is 2.35. The topological polar surface area (TPSA) is 29.5 Å². The van der Waals surface area contributed by atoms with Gasteiger partial charge in [-0.25, -0.2) is 4.79 Å². The van der Waals surface area contributed by atoms with Crippen molar-refractivity contribution >= 4 is 6.09 Å². The number of fused-ring (bicyclic) bond motifs is 3. The number of nitrogens with zero attached hydrogens (tertiary/aromatic N) is 1. The van der Waals surface area contributed by atoms with E-state index in [1.54, 1.807) is 0 Å². The van der Waals surface area contributed by atoms with Gasteiger partial charge in [-0.2, -0.15) is 0 Å². The molecule has 2 aliphatic heterocycles. The van der Waals surface area contributed by atoms with Gasteiger partial charge in [-0.3, -0.25) is 0 Å². The fourth-order valence-electron chi connectivity index (χ4n) is 2.61. The molecule has 100 valence electrons. The van der Waals surface area contributed by atoms with E-state index in [1.165, 1.54) is 25.7 Å². The van der Waals surface area contributed by atoms with Crippen molar-refractivity contribution in [2.45, 2.75) is 71.9 Å². The van der Waals surface area contributed by atoms with Gasteiger partial charge in [0, 0.05) is 12.6 Å². The zero-order chi connectivity index (χ0) is 13.1.